The minimum atomic E-state index is 0.103. The Morgan fingerprint density at radius 3 is 2.62 bits per heavy atom. The molecule has 0 bridgehead atoms. The van der Waals surface area contributed by atoms with Gasteiger partial charge in [-0.25, -0.2) is 0 Å². The van der Waals surface area contributed by atoms with Gasteiger partial charge in [-0.05, 0) is 48.9 Å². The van der Waals surface area contributed by atoms with E-state index in [0.717, 1.165) is 38.0 Å². The molecule has 3 nitrogen and oxygen atoms in total. The van der Waals surface area contributed by atoms with Crippen LogP contribution >= 0.6 is 0 Å². The Labute approximate surface area is 143 Å². The third kappa shape index (κ3) is 3.19. The highest BCUT2D eigenvalue weighted by atomic mass is 16.5. The van der Waals surface area contributed by atoms with Crippen molar-refractivity contribution in [2.24, 2.45) is 0 Å². The second-order valence-corrected chi connectivity index (χ2v) is 7.14. The maximum absolute atomic E-state index is 10.4. The van der Waals surface area contributed by atoms with Crippen LogP contribution in [0.15, 0.2) is 42.5 Å². The number of hydrogen-bond donors (Lipinski definition) is 1. The Balaban J connectivity index is 1.52. The van der Waals surface area contributed by atoms with Crippen LogP contribution in [0.5, 0.6) is 5.75 Å². The molecule has 1 aliphatic heterocycles. The van der Waals surface area contributed by atoms with Crippen molar-refractivity contribution in [1.29, 1.82) is 0 Å². The Morgan fingerprint density at radius 2 is 1.83 bits per heavy atom. The molecule has 0 amide bonds. The molecule has 2 aromatic rings. The highest BCUT2D eigenvalue weighted by Gasteiger charge is 2.27. The summed E-state index contributed by atoms with van der Waals surface area (Å²) in [4.78, 5) is 2.40. The molecule has 0 saturated carbocycles. The van der Waals surface area contributed by atoms with Crippen LogP contribution in [0.1, 0.15) is 41.7 Å². The first-order valence-corrected chi connectivity index (χ1v) is 8.95. The lowest BCUT2D eigenvalue weighted by molar-refractivity contribution is -0.0815. The summed E-state index contributed by atoms with van der Waals surface area (Å²) in [6, 6.07) is 14.6. The van der Waals surface area contributed by atoms with Gasteiger partial charge in [-0.15, -0.1) is 0 Å². The molecule has 0 aromatic heterocycles. The van der Waals surface area contributed by atoms with E-state index >= 15 is 0 Å². The zero-order valence-corrected chi connectivity index (χ0v) is 14.2. The molecule has 1 fully saturated rings. The summed E-state index contributed by atoms with van der Waals surface area (Å²) < 4.78 is 6.14. The van der Waals surface area contributed by atoms with E-state index in [1.54, 1.807) is 0 Å². The zero-order chi connectivity index (χ0) is 16.5. The van der Waals surface area contributed by atoms with Crippen molar-refractivity contribution >= 4 is 0 Å². The van der Waals surface area contributed by atoms with Gasteiger partial charge in [0.1, 0.15) is 5.75 Å². The van der Waals surface area contributed by atoms with E-state index in [1.807, 2.05) is 12.1 Å². The maximum Gasteiger partial charge on any atom is 0.120 e. The topological polar surface area (TPSA) is 32.7 Å². The summed E-state index contributed by atoms with van der Waals surface area (Å²) in [5.41, 5.74) is 5.03. The molecule has 1 aliphatic carbocycles. The lowest BCUT2D eigenvalue weighted by Crippen LogP contribution is -2.42. The van der Waals surface area contributed by atoms with Crippen LogP contribution in [-0.4, -0.2) is 29.2 Å². The summed E-state index contributed by atoms with van der Waals surface area (Å²) in [7, 11) is 0. The van der Waals surface area contributed by atoms with E-state index in [2.05, 4.69) is 42.2 Å². The molecule has 24 heavy (non-hydrogen) atoms. The van der Waals surface area contributed by atoms with Gasteiger partial charge in [-0.1, -0.05) is 36.4 Å². The normalized spacial score (nSPS) is 24.0. The molecule has 2 aliphatic rings. The molecule has 1 N–H and O–H groups in total. The molecular formula is C21H25NO2. The molecule has 2 atom stereocenters. The minimum absolute atomic E-state index is 0.103. The van der Waals surface area contributed by atoms with Crippen LogP contribution in [0.3, 0.4) is 0 Å². The molecule has 0 radical (unpaired) electrons. The first-order valence-electron chi connectivity index (χ1n) is 8.95. The van der Waals surface area contributed by atoms with Crippen molar-refractivity contribution in [2.45, 2.75) is 44.9 Å². The fourth-order valence-corrected chi connectivity index (χ4v) is 4.05. The van der Waals surface area contributed by atoms with E-state index in [9.17, 15) is 5.11 Å². The zero-order valence-electron chi connectivity index (χ0n) is 14.2. The van der Waals surface area contributed by atoms with Gasteiger partial charge in [-0.2, -0.15) is 0 Å². The average Bonchev–Trinajstić information content (AvgIpc) is 3.02. The van der Waals surface area contributed by atoms with Crippen molar-refractivity contribution in [1.82, 2.24) is 4.90 Å². The number of morpholine rings is 1. The van der Waals surface area contributed by atoms with Crippen molar-refractivity contribution in [3.8, 4) is 5.75 Å². The fourth-order valence-electron chi connectivity index (χ4n) is 4.05. The summed E-state index contributed by atoms with van der Waals surface area (Å²) in [6.07, 6.45) is 3.76. The van der Waals surface area contributed by atoms with Crippen molar-refractivity contribution < 1.29 is 9.84 Å². The maximum atomic E-state index is 10.4. The summed E-state index contributed by atoms with van der Waals surface area (Å²) in [6.45, 7) is 4.69. The molecule has 1 saturated heterocycles. The number of ether oxygens (including phenoxy) is 1. The number of rotatable bonds is 3. The van der Waals surface area contributed by atoms with E-state index in [1.165, 1.54) is 23.1 Å². The van der Waals surface area contributed by atoms with Crippen LogP contribution in [0.25, 0.3) is 0 Å². The second-order valence-electron chi connectivity index (χ2n) is 7.14. The van der Waals surface area contributed by atoms with Crippen molar-refractivity contribution in [2.75, 3.05) is 13.1 Å². The number of fused-ring (bicyclic) bond motifs is 1. The fraction of sp³-hybridized carbons (Fsp3) is 0.429. The minimum Gasteiger partial charge on any atom is -0.508 e. The number of nitrogens with zero attached hydrogens (tertiary/aromatic N) is 1. The first-order chi connectivity index (χ1) is 11.7. The van der Waals surface area contributed by atoms with E-state index in [0.29, 0.717) is 5.75 Å². The Hall–Kier alpha value is -1.84. The molecule has 126 valence electrons. The van der Waals surface area contributed by atoms with Crippen LogP contribution in [0.4, 0.5) is 0 Å². The average molecular weight is 323 g/mol. The van der Waals surface area contributed by atoms with Gasteiger partial charge in [0.15, 0.2) is 0 Å². The van der Waals surface area contributed by atoms with Gasteiger partial charge >= 0.3 is 0 Å². The van der Waals surface area contributed by atoms with Crippen molar-refractivity contribution in [3.05, 3.63) is 64.7 Å². The molecular weight excluding hydrogens is 298 g/mol. The summed E-state index contributed by atoms with van der Waals surface area (Å²) in [5, 5.41) is 10.4. The molecule has 3 heteroatoms. The standard InChI is InChI=1S/C21H25NO2/c1-15-12-22(14-21(24-15)16-6-3-2-4-7-16)13-19-10-17-8-5-9-18(17)11-20(19)23/h2-4,6-7,10-11,15,21,23H,5,8-9,12-14H2,1H3/t15-,21+/m1/s1. The van der Waals surface area contributed by atoms with Gasteiger partial charge in [0.2, 0.25) is 0 Å². The quantitative estimate of drug-likeness (QED) is 0.931. The van der Waals surface area contributed by atoms with Gasteiger partial charge < -0.3 is 9.84 Å². The molecule has 0 unspecified atom stereocenters. The van der Waals surface area contributed by atoms with Gasteiger partial charge in [0.05, 0.1) is 12.2 Å². The lowest BCUT2D eigenvalue weighted by atomic mass is 10.0. The van der Waals surface area contributed by atoms with Crippen LogP contribution < -0.4 is 0 Å². The Bertz CT molecular complexity index is 713. The number of aryl methyl sites for hydroxylation is 2. The van der Waals surface area contributed by atoms with Gasteiger partial charge in [0.25, 0.3) is 0 Å². The first kappa shape index (κ1) is 15.7. The van der Waals surface area contributed by atoms with Gasteiger partial charge in [-0.3, -0.25) is 4.90 Å². The number of hydrogen-bond acceptors (Lipinski definition) is 3. The van der Waals surface area contributed by atoms with Crippen molar-refractivity contribution in [3.63, 3.8) is 0 Å². The van der Waals surface area contributed by atoms with Gasteiger partial charge in [0, 0.05) is 25.2 Å². The Kier molecular flexibility index (Phi) is 4.30. The summed E-state index contributed by atoms with van der Waals surface area (Å²) in [5.74, 6) is 0.450. The van der Waals surface area contributed by atoms with Crippen LogP contribution in [-0.2, 0) is 24.1 Å². The van der Waals surface area contributed by atoms with Crippen LogP contribution in [0.2, 0.25) is 0 Å². The van der Waals surface area contributed by atoms with E-state index in [4.69, 9.17) is 4.74 Å². The highest BCUT2D eigenvalue weighted by molar-refractivity contribution is 5.44. The molecule has 1 heterocycles. The summed E-state index contributed by atoms with van der Waals surface area (Å²) >= 11 is 0. The van der Waals surface area contributed by atoms with E-state index < -0.39 is 0 Å². The third-order valence-electron chi connectivity index (χ3n) is 5.19. The lowest BCUT2D eigenvalue weighted by Gasteiger charge is -2.37. The highest BCUT2D eigenvalue weighted by Crippen LogP contribution is 2.32. The smallest absolute Gasteiger partial charge is 0.120 e. The molecule has 0 spiro atoms. The largest absolute Gasteiger partial charge is 0.508 e. The second kappa shape index (κ2) is 6.58. The number of aromatic hydroxyl groups is 1. The number of phenolic OH excluding ortho intramolecular Hbond substituents is 1. The molecule has 2 aromatic carbocycles. The SMILES string of the molecule is C[C@@H]1CN(Cc2cc3c(cc2O)CCC3)C[C@@H](c2ccccc2)O1. The predicted molar refractivity (Wildman–Crippen MR) is 95.1 cm³/mol. The Morgan fingerprint density at radius 1 is 1.08 bits per heavy atom. The predicted octanol–water partition coefficient (Wildman–Crippen LogP) is 3.84. The number of phenols is 1. The van der Waals surface area contributed by atoms with Crippen LogP contribution in [0, 0.1) is 0 Å². The van der Waals surface area contributed by atoms with E-state index in [-0.39, 0.29) is 12.2 Å². The third-order valence-corrected chi connectivity index (χ3v) is 5.19. The molecule has 4 rings (SSSR count). The monoisotopic (exact) mass is 323 g/mol. The number of benzene rings is 2.